The Bertz CT molecular complexity index is 1200. The third-order valence-electron chi connectivity index (χ3n) is 6.90. The predicted molar refractivity (Wildman–Crippen MR) is 127 cm³/mol. The summed E-state index contributed by atoms with van der Waals surface area (Å²) in [5, 5.41) is 4.31. The van der Waals surface area contributed by atoms with Gasteiger partial charge in [0.1, 0.15) is 5.82 Å². The van der Waals surface area contributed by atoms with Crippen LogP contribution in [-0.4, -0.2) is 56.7 Å². The molecule has 1 fully saturated rings. The van der Waals surface area contributed by atoms with Gasteiger partial charge in [0.05, 0.1) is 24.7 Å². The van der Waals surface area contributed by atoms with E-state index in [1.807, 2.05) is 41.2 Å². The van der Waals surface area contributed by atoms with Gasteiger partial charge in [-0.05, 0) is 37.3 Å². The number of hydrogen-bond acceptors (Lipinski definition) is 5. The van der Waals surface area contributed by atoms with Crippen molar-refractivity contribution in [2.45, 2.75) is 51.6 Å². The largest absolute Gasteiger partial charge is 0.373 e. The first kappa shape index (κ1) is 21.4. The van der Waals surface area contributed by atoms with Gasteiger partial charge in [-0.25, -0.2) is 9.97 Å². The van der Waals surface area contributed by atoms with Crippen LogP contribution in [0.1, 0.15) is 54.9 Å². The van der Waals surface area contributed by atoms with Crippen molar-refractivity contribution in [2.75, 3.05) is 25.5 Å². The summed E-state index contributed by atoms with van der Waals surface area (Å²) >= 11 is 0. The zero-order chi connectivity index (χ0) is 22.9. The van der Waals surface area contributed by atoms with E-state index >= 15 is 0 Å². The van der Waals surface area contributed by atoms with Gasteiger partial charge in [-0.2, -0.15) is 0 Å². The molecule has 0 radical (unpaired) electrons. The molecule has 3 aromatic rings. The van der Waals surface area contributed by atoms with Gasteiger partial charge in [0.2, 0.25) is 11.8 Å². The number of fused-ring (bicyclic) bond motifs is 2. The predicted octanol–water partition coefficient (Wildman–Crippen LogP) is 3.20. The van der Waals surface area contributed by atoms with Gasteiger partial charge in [0.15, 0.2) is 5.82 Å². The third kappa shape index (κ3) is 4.05. The quantitative estimate of drug-likeness (QED) is 0.642. The van der Waals surface area contributed by atoms with E-state index in [0.717, 1.165) is 59.2 Å². The van der Waals surface area contributed by atoms with Gasteiger partial charge in [0, 0.05) is 49.7 Å². The van der Waals surface area contributed by atoms with Crippen LogP contribution in [0.5, 0.6) is 0 Å². The maximum atomic E-state index is 13.5. The van der Waals surface area contributed by atoms with Gasteiger partial charge in [0.25, 0.3) is 0 Å². The molecule has 0 saturated carbocycles. The summed E-state index contributed by atoms with van der Waals surface area (Å²) in [4.78, 5) is 42.2. The van der Waals surface area contributed by atoms with Crippen LogP contribution in [0.3, 0.4) is 0 Å². The van der Waals surface area contributed by atoms with Gasteiger partial charge < -0.3 is 20.1 Å². The maximum absolute atomic E-state index is 13.5. The minimum Gasteiger partial charge on any atom is -0.373 e. The van der Waals surface area contributed by atoms with Gasteiger partial charge in [-0.1, -0.05) is 18.2 Å². The molecule has 0 unspecified atom stereocenters. The lowest BCUT2D eigenvalue weighted by Gasteiger charge is -2.36. The van der Waals surface area contributed by atoms with E-state index < -0.39 is 0 Å². The first-order valence-electron chi connectivity index (χ1n) is 11.7. The van der Waals surface area contributed by atoms with E-state index in [9.17, 15) is 9.59 Å². The number of H-pyrrole nitrogens is 1. The number of nitrogens with one attached hydrogen (secondary N) is 2. The van der Waals surface area contributed by atoms with Crippen molar-refractivity contribution in [3.63, 3.8) is 0 Å². The number of likely N-dealkylation sites (tertiary alicyclic amines) is 1. The molecule has 2 aliphatic rings. The number of aromatic nitrogens is 3. The summed E-state index contributed by atoms with van der Waals surface area (Å²) < 4.78 is 0. The van der Waals surface area contributed by atoms with Crippen LogP contribution in [0.25, 0.3) is 10.9 Å². The summed E-state index contributed by atoms with van der Waals surface area (Å²) in [5.41, 5.74) is 4.02. The number of nitrogens with zero attached hydrogens (tertiary/aromatic N) is 4. The molecular weight excluding hydrogens is 416 g/mol. The molecule has 0 aliphatic carbocycles. The van der Waals surface area contributed by atoms with E-state index in [1.165, 1.54) is 0 Å². The summed E-state index contributed by atoms with van der Waals surface area (Å²) in [7, 11) is 1.87. The standard InChI is InChI=1S/C25H30N6O2/c1-16(32)30-12-10-19-21(15-30)28-25(29-24(19)26-2)22-9-5-6-11-31(22)23(33)13-17-14-27-20-8-4-3-7-18(17)20/h3-4,7-8,14,22,27H,5-6,9-13,15H2,1-2H3,(H,26,28,29)/t22-/m0/s1. The number of anilines is 1. The Morgan fingerprint density at radius 2 is 2.03 bits per heavy atom. The highest BCUT2D eigenvalue weighted by Gasteiger charge is 2.32. The smallest absolute Gasteiger partial charge is 0.227 e. The van der Waals surface area contributed by atoms with Crippen molar-refractivity contribution in [2.24, 2.45) is 0 Å². The van der Waals surface area contributed by atoms with Crippen molar-refractivity contribution in [3.8, 4) is 0 Å². The van der Waals surface area contributed by atoms with E-state index in [0.29, 0.717) is 31.9 Å². The molecule has 1 atom stereocenters. The second-order valence-corrected chi connectivity index (χ2v) is 8.93. The van der Waals surface area contributed by atoms with Crippen molar-refractivity contribution in [3.05, 3.63) is 53.1 Å². The Morgan fingerprint density at radius 3 is 2.85 bits per heavy atom. The van der Waals surface area contributed by atoms with Crippen LogP contribution in [-0.2, 0) is 29.0 Å². The normalized spacial score (nSPS) is 18.3. The van der Waals surface area contributed by atoms with Crippen molar-refractivity contribution in [1.29, 1.82) is 0 Å². The average molecular weight is 447 g/mol. The minimum atomic E-state index is -0.151. The zero-order valence-electron chi connectivity index (χ0n) is 19.2. The zero-order valence-corrected chi connectivity index (χ0v) is 19.2. The number of hydrogen-bond donors (Lipinski definition) is 2. The van der Waals surface area contributed by atoms with Crippen LogP contribution in [0.15, 0.2) is 30.5 Å². The topological polar surface area (TPSA) is 94.2 Å². The van der Waals surface area contributed by atoms with Crippen LogP contribution >= 0.6 is 0 Å². The first-order chi connectivity index (χ1) is 16.0. The van der Waals surface area contributed by atoms with Crippen LogP contribution in [0.2, 0.25) is 0 Å². The average Bonchev–Trinajstić information content (AvgIpc) is 3.25. The van der Waals surface area contributed by atoms with Gasteiger partial charge in [-0.3, -0.25) is 9.59 Å². The molecule has 2 aromatic heterocycles. The van der Waals surface area contributed by atoms with E-state index in [4.69, 9.17) is 9.97 Å². The van der Waals surface area contributed by atoms with Crippen LogP contribution in [0, 0.1) is 0 Å². The first-order valence-corrected chi connectivity index (χ1v) is 11.7. The van der Waals surface area contributed by atoms with E-state index in [2.05, 4.69) is 16.4 Å². The Balaban J connectivity index is 1.44. The Labute approximate surface area is 193 Å². The molecule has 33 heavy (non-hydrogen) atoms. The number of amides is 2. The summed E-state index contributed by atoms with van der Waals surface area (Å²) in [6.07, 6.45) is 5.89. The Hall–Kier alpha value is -3.42. The molecule has 0 bridgehead atoms. The van der Waals surface area contributed by atoms with E-state index in [1.54, 1.807) is 6.92 Å². The van der Waals surface area contributed by atoms with Gasteiger partial charge >= 0.3 is 0 Å². The molecule has 172 valence electrons. The Kier molecular flexibility index (Phi) is 5.74. The van der Waals surface area contributed by atoms with E-state index in [-0.39, 0.29) is 17.9 Å². The summed E-state index contributed by atoms with van der Waals surface area (Å²) in [6, 6.07) is 7.91. The number of carbonyl (C=O) groups excluding carboxylic acids is 2. The highest BCUT2D eigenvalue weighted by Crippen LogP contribution is 2.33. The molecule has 2 amide bonds. The number of benzene rings is 1. The lowest BCUT2D eigenvalue weighted by molar-refractivity contribution is -0.134. The third-order valence-corrected chi connectivity index (χ3v) is 6.90. The molecule has 4 heterocycles. The molecule has 8 nitrogen and oxygen atoms in total. The fourth-order valence-corrected chi connectivity index (χ4v) is 5.11. The highest BCUT2D eigenvalue weighted by atomic mass is 16.2. The number of piperidine rings is 1. The fourth-order valence-electron chi connectivity index (χ4n) is 5.11. The number of para-hydroxylation sites is 1. The van der Waals surface area contributed by atoms with Crippen LogP contribution < -0.4 is 5.32 Å². The molecule has 5 rings (SSSR count). The number of aromatic amines is 1. The molecule has 2 aliphatic heterocycles. The molecular formula is C25H30N6O2. The van der Waals surface area contributed by atoms with Crippen molar-refractivity contribution in [1.82, 2.24) is 24.8 Å². The molecule has 8 heteroatoms. The maximum Gasteiger partial charge on any atom is 0.227 e. The second-order valence-electron chi connectivity index (χ2n) is 8.93. The minimum absolute atomic E-state index is 0.0556. The number of rotatable bonds is 4. The number of carbonyl (C=O) groups is 2. The fraction of sp³-hybridized carbons (Fsp3) is 0.440. The summed E-state index contributed by atoms with van der Waals surface area (Å²) in [6.45, 7) is 3.47. The second kappa shape index (κ2) is 8.84. The van der Waals surface area contributed by atoms with Gasteiger partial charge in [-0.15, -0.1) is 0 Å². The lowest BCUT2D eigenvalue weighted by Crippen LogP contribution is -2.41. The molecule has 1 aromatic carbocycles. The Morgan fingerprint density at radius 1 is 1.18 bits per heavy atom. The molecule has 2 N–H and O–H groups in total. The molecule has 1 saturated heterocycles. The van der Waals surface area contributed by atoms with Crippen LogP contribution in [0.4, 0.5) is 5.82 Å². The monoisotopic (exact) mass is 446 g/mol. The summed E-state index contributed by atoms with van der Waals surface area (Å²) in [5.74, 6) is 1.64. The molecule has 0 spiro atoms. The van der Waals surface area contributed by atoms with Crippen molar-refractivity contribution < 1.29 is 9.59 Å². The SMILES string of the molecule is CNc1nc([C@@H]2CCCCN2C(=O)Cc2c[nH]c3ccccc23)nc2c1CCN(C(C)=O)C2. The van der Waals surface area contributed by atoms with Crippen molar-refractivity contribution >= 4 is 28.5 Å². The lowest BCUT2D eigenvalue weighted by atomic mass is 9.98. The highest BCUT2D eigenvalue weighted by molar-refractivity contribution is 5.89.